The Morgan fingerprint density at radius 2 is 1.64 bits per heavy atom. The van der Waals surface area contributed by atoms with Gasteiger partial charge in [-0.1, -0.05) is 81.4 Å². The normalized spacial score (nSPS) is 31.9. The van der Waals surface area contributed by atoms with Crippen LogP contribution < -0.4 is 10.4 Å². The minimum atomic E-state index is -2.53. The third-order valence-electron chi connectivity index (χ3n) is 7.62. The van der Waals surface area contributed by atoms with E-state index in [-0.39, 0.29) is 23.4 Å². The molecule has 5 nitrogen and oxygen atoms in total. The third kappa shape index (κ3) is 4.11. The Hall–Kier alpha value is -1.54. The van der Waals surface area contributed by atoms with Gasteiger partial charge in [0.05, 0.1) is 18.8 Å². The molecule has 3 aliphatic heterocycles. The predicted octanol–water partition coefficient (Wildman–Crippen LogP) is 3.38. The highest BCUT2D eigenvalue weighted by Gasteiger charge is 2.58. The Labute approximate surface area is 198 Å². The van der Waals surface area contributed by atoms with Crippen LogP contribution in [0.15, 0.2) is 60.7 Å². The summed E-state index contributed by atoms with van der Waals surface area (Å²) < 4.78 is 25.3. The van der Waals surface area contributed by atoms with Crippen molar-refractivity contribution in [2.45, 2.75) is 81.7 Å². The maximum atomic E-state index is 10.0. The first-order chi connectivity index (χ1) is 15.8. The van der Waals surface area contributed by atoms with Crippen LogP contribution in [0.4, 0.5) is 0 Å². The molecule has 2 aromatic rings. The molecule has 2 bridgehead atoms. The van der Waals surface area contributed by atoms with Gasteiger partial charge in [0.15, 0.2) is 6.29 Å². The van der Waals surface area contributed by atoms with Crippen molar-refractivity contribution in [1.29, 1.82) is 0 Å². The van der Waals surface area contributed by atoms with E-state index in [1.807, 2.05) is 0 Å². The first-order valence-electron chi connectivity index (χ1n) is 12.2. The van der Waals surface area contributed by atoms with Gasteiger partial charge in [-0.05, 0) is 34.7 Å². The van der Waals surface area contributed by atoms with E-state index in [9.17, 15) is 5.11 Å². The number of aliphatic hydroxyl groups is 1. The molecule has 1 N–H and O–H groups in total. The molecule has 3 saturated heterocycles. The molecular weight excluding hydrogens is 432 g/mol. The van der Waals surface area contributed by atoms with Gasteiger partial charge in [0.25, 0.3) is 8.32 Å². The zero-order chi connectivity index (χ0) is 23.1. The van der Waals surface area contributed by atoms with Gasteiger partial charge in [0.2, 0.25) is 0 Å². The average molecular weight is 469 g/mol. The van der Waals surface area contributed by atoms with Crippen molar-refractivity contribution in [2.24, 2.45) is 0 Å². The Kier molecular flexibility index (Phi) is 6.27. The summed E-state index contributed by atoms with van der Waals surface area (Å²) >= 11 is 0. The molecule has 0 amide bonds. The quantitative estimate of drug-likeness (QED) is 0.659. The standard InChI is InChI=1S/C27H36O5Si/c1-26(2,3)33(21-10-6-4-7-11-21,22-12-8-5-9-13-22)30-17-16-20-14-15-24-27(32-20)18-23(31-24)25(28)29-19-27/h4-13,20,23-25,28H,14-19H2,1-3H3/t20-,23+,24+,25?,27-/m1/s1. The fourth-order valence-electron chi connectivity index (χ4n) is 6.03. The number of aliphatic hydroxyl groups excluding tert-OH is 1. The van der Waals surface area contributed by atoms with E-state index >= 15 is 0 Å². The summed E-state index contributed by atoms with van der Waals surface area (Å²) in [4.78, 5) is 0. The molecule has 0 saturated carbocycles. The summed E-state index contributed by atoms with van der Waals surface area (Å²) in [5.41, 5.74) is -0.412. The van der Waals surface area contributed by atoms with Crippen LogP contribution in [0.3, 0.4) is 0 Å². The Bertz CT molecular complexity index is 891. The van der Waals surface area contributed by atoms with E-state index in [0.717, 1.165) is 19.3 Å². The van der Waals surface area contributed by atoms with Crippen molar-refractivity contribution in [3.8, 4) is 0 Å². The van der Waals surface area contributed by atoms with Gasteiger partial charge in [-0.15, -0.1) is 0 Å². The second-order valence-electron chi connectivity index (χ2n) is 10.8. The number of hydrogen-bond donors (Lipinski definition) is 1. The van der Waals surface area contributed by atoms with Gasteiger partial charge >= 0.3 is 0 Å². The molecule has 3 fully saturated rings. The minimum Gasteiger partial charge on any atom is -0.407 e. The van der Waals surface area contributed by atoms with Crippen LogP contribution in [0.25, 0.3) is 0 Å². The Morgan fingerprint density at radius 3 is 2.24 bits per heavy atom. The SMILES string of the molecule is CC(C)(C)[Si](OCC[C@H]1CC[C@@H]2O[C@H]3C[C@]2(COC3O)O1)(c1ccccc1)c1ccccc1. The lowest BCUT2D eigenvalue weighted by Crippen LogP contribution is -2.66. The van der Waals surface area contributed by atoms with Gasteiger partial charge in [-0.2, -0.15) is 0 Å². The van der Waals surface area contributed by atoms with Gasteiger partial charge in [-0.25, -0.2) is 0 Å². The van der Waals surface area contributed by atoms with Crippen molar-refractivity contribution in [1.82, 2.24) is 0 Å². The fourth-order valence-corrected chi connectivity index (χ4v) is 10.6. The predicted molar refractivity (Wildman–Crippen MR) is 130 cm³/mol. The molecule has 2 aromatic carbocycles. The van der Waals surface area contributed by atoms with Crippen molar-refractivity contribution < 1.29 is 23.7 Å². The van der Waals surface area contributed by atoms with Crippen LogP contribution in [0.5, 0.6) is 0 Å². The topological polar surface area (TPSA) is 57.2 Å². The average Bonchev–Trinajstić information content (AvgIpc) is 3.13. The number of benzene rings is 2. The molecular formula is C27H36O5Si. The lowest BCUT2D eigenvalue weighted by Gasteiger charge is -2.45. The zero-order valence-electron chi connectivity index (χ0n) is 19.9. The minimum absolute atomic E-state index is 0.0218. The Morgan fingerprint density at radius 1 is 1.00 bits per heavy atom. The van der Waals surface area contributed by atoms with Crippen LogP contribution in [0.1, 0.15) is 46.5 Å². The summed E-state index contributed by atoms with van der Waals surface area (Å²) in [7, 11) is -2.53. The maximum Gasteiger partial charge on any atom is 0.261 e. The molecule has 0 aromatic heterocycles. The molecule has 6 heteroatoms. The number of fused-ring (bicyclic) bond motifs is 1. The highest BCUT2D eigenvalue weighted by Crippen LogP contribution is 2.46. The van der Waals surface area contributed by atoms with E-state index < -0.39 is 20.2 Å². The monoisotopic (exact) mass is 468 g/mol. The molecule has 5 rings (SSSR count). The molecule has 0 aliphatic carbocycles. The summed E-state index contributed by atoms with van der Waals surface area (Å²) in [5, 5.41) is 12.6. The van der Waals surface area contributed by atoms with E-state index in [1.165, 1.54) is 10.4 Å². The smallest absolute Gasteiger partial charge is 0.261 e. The zero-order valence-corrected chi connectivity index (χ0v) is 20.9. The first-order valence-corrected chi connectivity index (χ1v) is 14.1. The van der Waals surface area contributed by atoms with Crippen LogP contribution in [0.2, 0.25) is 5.04 Å². The summed E-state index contributed by atoms with van der Waals surface area (Å²) in [6, 6.07) is 21.5. The fraction of sp³-hybridized carbons (Fsp3) is 0.556. The summed E-state index contributed by atoms with van der Waals surface area (Å²) in [6.07, 6.45) is 2.47. The van der Waals surface area contributed by atoms with Gasteiger partial charge in [0.1, 0.15) is 11.7 Å². The summed E-state index contributed by atoms with van der Waals surface area (Å²) in [6.45, 7) is 7.97. The molecule has 1 unspecified atom stereocenters. The first kappa shape index (κ1) is 23.2. The molecule has 178 valence electrons. The van der Waals surface area contributed by atoms with Crippen LogP contribution >= 0.6 is 0 Å². The van der Waals surface area contributed by atoms with E-state index in [4.69, 9.17) is 18.6 Å². The van der Waals surface area contributed by atoms with Crippen LogP contribution in [-0.4, -0.2) is 56.8 Å². The largest absolute Gasteiger partial charge is 0.407 e. The van der Waals surface area contributed by atoms with Crippen molar-refractivity contribution in [3.63, 3.8) is 0 Å². The lowest BCUT2D eigenvalue weighted by atomic mass is 9.85. The number of ether oxygens (including phenoxy) is 3. The Balaban J connectivity index is 1.35. The molecule has 0 radical (unpaired) electrons. The van der Waals surface area contributed by atoms with Crippen molar-refractivity contribution >= 4 is 18.7 Å². The third-order valence-corrected chi connectivity index (χ3v) is 12.7. The second kappa shape index (κ2) is 8.91. The molecule has 33 heavy (non-hydrogen) atoms. The van der Waals surface area contributed by atoms with Crippen molar-refractivity contribution in [3.05, 3.63) is 60.7 Å². The molecule has 5 atom stereocenters. The molecule has 3 aliphatic rings. The van der Waals surface area contributed by atoms with E-state index in [0.29, 0.717) is 19.6 Å². The lowest BCUT2D eigenvalue weighted by molar-refractivity contribution is -0.223. The summed E-state index contributed by atoms with van der Waals surface area (Å²) in [5.74, 6) is 0. The highest BCUT2D eigenvalue weighted by atomic mass is 28.4. The van der Waals surface area contributed by atoms with E-state index in [2.05, 4.69) is 81.4 Å². The van der Waals surface area contributed by atoms with Gasteiger partial charge in [-0.3, -0.25) is 0 Å². The van der Waals surface area contributed by atoms with Crippen LogP contribution in [0, 0.1) is 0 Å². The molecule has 1 spiro atoms. The van der Waals surface area contributed by atoms with E-state index in [1.54, 1.807) is 0 Å². The molecule has 3 heterocycles. The van der Waals surface area contributed by atoms with Gasteiger partial charge < -0.3 is 23.7 Å². The number of hydrogen-bond acceptors (Lipinski definition) is 5. The van der Waals surface area contributed by atoms with Crippen molar-refractivity contribution in [2.75, 3.05) is 13.2 Å². The number of rotatable bonds is 6. The highest BCUT2D eigenvalue weighted by molar-refractivity contribution is 6.99. The van der Waals surface area contributed by atoms with Crippen LogP contribution in [-0.2, 0) is 18.6 Å². The maximum absolute atomic E-state index is 10.0. The van der Waals surface area contributed by atoms with Gasteiger partial charge in [0, 0.05) is 13.0 Å². The second-order valence-corrected chi connectivity index (χ2v) is 15.1.